The number of aliphatic hydroxyl groups is 1. The van der Waals surface area contributed by atoms with Crippen molar-refractivity contribution in [3.8, 4) is 0 Å². The third-order valence-corrected chi connectivity index (χ3v) is 3.56. The Bertz CT molecular complexity index is 451. The van der Waals surface area contributed by atoms with Gasteiger partial charge < -0.3 is 16.2 Å². The third kappa shape index (κ3) is 3.15. The number of aliphatic hydroxyl groups excluding tert-OH is 1. The van der Waals surface area contributed by atoms with Crippen molar-refractivity contribution in [2.75, 3.05) is 12.3 Å². The minimum absolute atomic E-state index is 0.189. The number of halogens is 1. The molecule has 0 aliphatic heterocycles. The molecule has 2 rings (SSSR count). The zero-order valence-electron chi connectivity index (χ0n) is 10.0. The molecule has 2 unspecified atom stereocenters. The van der Waals surface area contributed by atoms with E-state index in [1.165, 1.54) is 0 Å². The predicted octanol–water partition coefficient (Wildman–Crippen LogP) is 1.81. The van der Waals surface area contributed by atoms with Crippen LogP contribution in [0.3, 0.4) is 0 Å². The molecule has 0 heterocycles. The van der Waals surface area contributed by atoms with Crippen molar-refractivity contribution in [2.45, 2.75) is 25.4 Å². The molecule has 18 heavy (non-hydrogen) atoms. The number of nitrogen functional groups attached to an aromatic ring is 1. The molecule has 0 saturated heterocycles. The highest BCUT2D eigenvalue weighted by Crippen LogP contribution is 2.25. The number of nitrogens with two attached hydrogens (primary N) is 1. The minimum atomic E-state index is -0.215. The largest absolute Gasteiger partial charge is 0.398 e. The number of rotatable bonds is 3. The van der Waals surface area contributed by atoms with Gasteiger partial charge in [0.15, 0.2) is 0 Å². The van der Waals surface area contributed by atoms with Crippen molar-refractivity contribution in [1.29, 1.82) is 0 Å². The molecule has 0 radical (unpaired) electrons. The molecule has 1 amide bonds. The summed E-state index contributed by atoms with van der Waals surface area (Å²) in [6.45, 7) is 0.581. The van der Waals surface area contributed by atoms with Crippen molar-refractivity contribution in [1.82, 2.24) is 5.32 Å². The van der Waals surface area contributed by atoms with E-state index in [4.69, 9.17) is 17.3 Å². The monoisotopic (exact) mass is 268 g/mol. The van der Waals surface area contributed by atoms with Gasteiger partial charge in [0.2, 0.25) is 0 Å². The smallest absolute Gasteiger partial charge is 0.253 e. The van der Waals surface area contributed by atoms with E-state index in [0.29, 0.717) is 28.7 Å². The zero-order valence-corrected chi connectivity index (χ0v) is 10.8. The second-order valence-corrected chi connectivity index (χ2v) is 5.21. The summed E-state index contributed by atoms with van der Waals surface area (Å²) in [5, 5.41) is 12.8. The molecule has 4 nitrogen and oxygen atoms in total. The standard InChI is InChI=1S/C13H17ClN2O2/c14-9-2-4-11(12(15)6-9)13(18)16-7-8-1-3-10(17)5-8/h2,4,6,8,10,17H,1,3,5,7,15H2,(H,16,18). The van der Waals surface area contributed by atoms with Gasteiger partial charge in [0.25, 0.3) is 5.91 Å². The predicted molar refractivity (Wildman–Crippen MR) is 71.5 cm³/mol. The number of nitrogens with one attached hydrogen (secondary N) is 1. The normalized spacial score (nSPS) is 23.0. The van der Waals surface area contributed by atoms with Gasteiger partial charge in [-0.1, -0.05) is 11.6 Å². The van der Waals surface area contributed by atoms with Gasteiger partial charge in [-0.25, -0.2) is 0 Å². The van der Waals surface area contributed by atoms with Crippen LogP contribution in [-0.2, 0) is 0 Å². The Hall–Kier alpha value is -1.26. The molecule has 2 atom stereocenters. The topological polar surface area (TPSA) is 75.4 Å². The fourth-order valence-electron chi connectivity index (χ4n) is 2.31. The zero-order chi connectivity index (χ0) is 13.1. The second kappa shape index (κ2) is 5.59. The van der Waals surface area contributed by atoms with Crippen LogP contribution in [0.4, 0.5) is 5.69 Å². The molecule has 1 fully saturated rings. The Balaban J connectivity index is 1.91. The molecule has 1 aromatic carbocycles. The molecule has 0 spiro atoms. The van der Waals surface area contributed by atoms with E-state index in [-0.39, 0.29) is 12.0 Å². The summed E-state index contributed by atoms with van der Waals surface area (Å²) in [7, 11) is 0. The molecule has 0 bridgehead atoms. The summed E-state index contributed by atoms with van der Waals surface area (Å²) in [5.74, 6) is 0.169. The molecule has 1 saturated carbocycles. The highest BCUT2D eigenvalue weighted by atomic mass is 35.5. The van der Waals surface area contributed by atoms with E-state index in [1.807, 2.05) is 0 Å². The third-order valence-electron chi connectivity index (χ3n) is 3.32. The molecule has 1 aliphatic rings. The van der Waals surface area contributed by atoms with E-state index in [2.05, 4.69) is 5.32 Å². The van der Waals surface area contributed by atoms with Crippen molar-refractivity contribution < 1.29 is 9.90 Å². The van der Waals surface area contributed by atoms with Crippen molar-refractivity contribution >= 4 is 23.2 Å². The van der Waals surface area contributed by atoms with E-state index in [1.54, 1.807) is 18.2 Å². The first-order valence-corrected chi connectivity index (χ1v) is 6.45. The van der Waals surface area contributed by atoms with Crippen LogP contribution in [0.15, 0.2) is 18.2 Å². The maximum atomic E-state index is 11.9. The Morgan fingerprint density at radius 3 is 2.89 bits per heavy atom. The van der Waals surface area contributed by atoms with Gasteiger partial charge in [0.05, 0.1) is 11.7 Å². The summed E-state index contributed by atoms with van der Waals surface area (Å²) in [5.41, 5.74) is 6.57. The second-order valence-electron chi connectivity index (χ2n) is 4.77. The molecular formula is C13H17ClN2O2. The minimum Gasteiger partial charge on any atom is -0.398 e. The van der Waals surface area contributed by atoms with E-state index < -0.39 is 0 Å². The number of amides is 1. The lowest BCUT2D eigenvalue weighted by Gasteiger charge is -2.12. The Morgan fingerprint density at radius 2 is 2.28 bits per heavy atom. The SMILES string of the molecule is Nc1cc(Cl)ccc1C(=O)NCC1CCC(O)C1. The molecule has 98 valence electrons. The first-order valence-electron chi connectivity index (χ1n) is 6.07. The van der Waals surface area contributed by atoms with Crippen LogP contribution in [0, 0.1) is 5.92 Å². The van der Waals surface area contributed by atoms with Gasteiger partial charge in [-0.2, -0.15) is 0 Å². The Morgan fingerprint density at radius 1 is 1.50 bits per heavy atom. The highest BCUT2D eigenvalue weighted by Gasteiger charge is 2.23. The molecule has 5 heteroatoms. The van der Waals surface area contributed by atoms with E-state index in [0.717, 1.165) is 19.3 Å². The maximum absolute atomic E-state index is 11.9. The number of anilines is 1. The van der Waals surface area contributed by atoms with Gasteiger partial charge in [0, 0.05) is 17.3 Å². The number of hydrogen-bond donors (Lipinski definition) is 3. The number of benzene rings is 1. The van der Waals surface area contributed by atoms with E-state index in [9.17, 15) is 9.90 Å². The molecule has 1 aromatic rings. The lowest BCUT2D eigenvalue weighted by molar-refractivity contribution is 0.0946. The van der Waals surface area contributed by atoms with Crippen molar-refractivity contribution in [3.63, 3.8) is 0 Å². The van der Waals surface area contributed by atoms with Gasteiger partial charge in [-0.3, -0.25) is 4.79 Å². The van der Waals surface area contributed by atoms with Crippen molar-refractivity contribution in [3.05, 3.63) is 28.8 Å². The molecule has 4 N–H and O–H groups in total. The fraction of sp³-hybridized carbons (Fsp3) is 0.462. The Labute approximate surface area is 111 Å². The maximum Gasteiger partial charge on any atom is 0.253 e. The highest BCUT2D eigenvalue weighted by molar-refractivity contribution is 6.31. The van der Waals surface area contributed by atoms with Crippen LogP contribution < -0.4 is 11.1 Å². The van der Waals surface area contributed by atoms with Crippen molar-refractivity contribution in [2.24, 2.45) is 5.92 Å². The molecule has 1 aliphatic carbocycles. The van der Waals surface area contributed by atoms with Gasteiger partial charge >= 0.3 is 0 Å². The first kappa shape index (κ1) is 13.2. The van der Waals surface area contributed by atoms with Crippen LogP contribution in [0.25, 0.3) is 0 Å². The van der Waals surface area contributed by atoms with Crippen LogP contribution in [-0.4, -0.2) is 23.7 Å². The van der Waals surface area contributed by atoms with Crippen LogP contribution in [0.5, 0.6) is 0 Å². The molecule has 0 aromatic heterocycles. The summed E-state index contributed by atoms with van der Waals surface area (Å²) in [6, 6.07) is 4.83. The summed E-state index contributed by atoms with van der Waals surface area (Å²) >= 11 is 5.78. The van der Waals surface area contributed by atoms with Gasteiger partial charge in [-0.15, -0.1) is 0 Å². The molecular weight excluding hydrogens is 252 g/mol. The number of carbonyl (C=O) groups is 1. The van der Waals surface area contributed by atoms with Crippen LogP contribution in [0.1, 0.15) is 29.6 Å². The summed E-state index contributed by atoms with van der Waals surface area (Å²) in [6.07, 6.45) is 2.32. The lowest BCUT2D eigenvalue weighted by Crippen LogP contribution is -2.29. The number of carbonyl (C=O) groups excluding carboxylic acids is 1. The average molecular weight is 269 g/mol. The van der Waals surface area contributed by atoms with E-state index >= 15 is 0 Å². The van der Waals surface area contributed by atoms with Gasteiger partial charge in [0.1, 0.15) is 0 Å². The van der Waals surface area contributed by atoms with Crippen LogP contribution >= 0.6 is 11.6 Å². The summed E-state index contributed by atoms with van der Waals surface area (Å²) in [4.78, 5) is 11.9. The Kier molecular flexibility index (Phi) is 4.09. The fourth-order valence-corrected chi connectivity index (χ4v) is 2.49. The summed E-state index contributed by atoms with van der Waals surface area (Å²) < 4.78 is 0. The number of hydrogen-bond acceptors (Lipinski definition) is 3. The van der Waals surface area contributed by atoms with Gasteiger partial charge in [-0.05, 0) is 43.4 Å². The first-order chi connectivity index (χ1) is 8.56. The quantitative estimate of drug-likeness (QED) is 0.732. The van der Waals surface area contributed by atoms with Crippen LogP contribution in [0.2, 0.25) is 5.02 Å². The lowest BCUT2D eigenvalue weighted by atomic mass is 10.1. The average Bonchev–Trinajstić information content (AvgIpc) is 2.72.